The molecule has 0 nitrogen and oxygen atoms in total. The van der Waals surface area contributed by atoms with Crippen LogP contribution >= 0.6 is 0 Å². The van der Waals surface area contributed by atoms with Gasteiger partial charge in [-0.25, -0.2) is 0 Å². The zero-order valence-electron chi connectivity index (χ0n) is 10.5. The van der Waals surface area contributed by atoms with E-state index >= 15 is 0 Å². The van der Waals surface area contributed by atoms with Crippen molar-refractivity contribution >= 4 is 0 Å². The lowest BCUT2D eigenvalue weighted by atomic mass is 9.90. The van der Waals surface area contributed by atoms with E-state index in [2.05, 4.69) is 52.3 Å². The van der Waals surface area contributed by atoms with E-state index in [1.165, 1.54) is 30.4 Å². The van der Waals surface area contributed by atoms with Gasteiger partial charge in [0, 0.05) is 0 Å². The van der Waals surface area contributed by atoms with Crippen LogP contribution in [-0.2, 0) is 6.42 Å². The first-order valence-corrected chi connectivity index (χ1v) is 6.03. The Labute approximate surface area is 94.7 Å². The van der Waals surface area contributed by atoms with Crippen LogP contribution in [0.4, 0.5) is 0 Å². The minimum absolute atomic E-state index is 0.644. The SMILES string of the molecule is C[CH]CCCc1c(C)cccc1C(C)C. The van der Waals surface area contributed by atoms with E-state index in [0.29, 0.717) is 5.92 Å². The third-order valence-corrected chi connectivity index (χ3v) is 2.99. The van der Waals surface area contributed by atoms with Crippen molar-refractivity contribution in [2.75, 3.05) is 0 Å². The second-order valence-electron chi connectivity index (χ2n) is 4.60. The molecule has 0 heteroatoms. The monoisotopic (exact) mass is 203 g/mol. The van der Waals surface area contributed by atoms with Crippen LogP contribution in [0, 0.1) is 13.3 Å². The predicted molar refractivity (Wildman–Crippen MR) is 68.2 cm³/mol. The lowest BCUT2D eigenvalue weighted by molar-refractivity contribution is 0.771. The van der Waals surface area contributed by atoms with Gasteiger partial charge in [0.1, 0.15) is 0 Å². The summed E-state index contributed by atoms with van der Waals surface area (Å²) in [5.41, 5.74) is 4.57. The number of rotatable bonds is 5. The van der Waals surface area contributed by atoms with Crippen molar-refractivity contribution in [3.8, 4) is 0 Å². The fourth-order valence-corrected chi connectivity index (χ4v) is 2.09. The maximum absolute atomic E-state index is 2.28. The summed E-state index contributed by atoms with van der Waals surface area (Å²) in [4.78, 5) is 0. The molecule has 0 fully saturated rings. The molecule has 0 saturated carbocycles. The maximum Gasteiger partial charge on any atom is -0.0216 e. The third-order valence-electron chi connectivity index (χ3n) is 2.99. The summed E-state index contributed by atoms with van der Waals surface area (Å²) >= 11 is 0. The number of hydrogen-bond donors (Lipinski definition) is 0. The highest BCUT2D eigenvalue weighted by atomic mass is 14.1. The van der Waals surface area contributed by atoms with E-state index in [9.17, 15) is 0 Å². The second-order valence-corrected chi connectivity index (χ2v) is 4.60. The summed E-state index contributed by atoms with van der Waals surface area (Å²) < 4.78 is 0. The molecule has 15 heavy (non-hydrogen) atoms. The minimum atomic E-state index is 0.644. The molecule has 0 aliphatic carbocycles. The first-order valence-electron chi connectivity index (χ1n) is 6.03. The summed E-state index contributed by atoms with van der Waals surface area (Å²) in [5.74, 6) is 0.644. The molecule has 0 unspecified atom stereocenters. The van der Waals surface area contributed by atoms with Crippen LogP contribution in [0.5, 0.6) is 0 Å². The van der Waals surface area contributed by atoms with Crippen molar-refractivity contribution in [2.45, 2.75) is 52.9 Å². The Kier molecular flexibility index (Phi) is 4.87. The molecule has 0 aromatic heterocycles. The molecule has 0 amide bonds. The fraction of sp³-hybridized carbons (Fsp3) is 0.533. The van der Waals surface area contributed by atoms with Gasteiger partial charge in [-0.3, -0.25) is 0 Å². The van der Waals surface area contributed by atoms with Crippen LogP contribution in [0.25, 0.3) is 0 Å². The van der Waals surface area contributed by atoms with Gasteiger partial charge in [0.25, 0.3) is 0 Å². The Bertz CT molecular complexity index is 297. The molecule has 1 aromatic carbocycles. The van der Waals surface area contributed by atoms with E-state index in [4.69, 9.17) is 0 Å². The first-order chi connectivity index (χ1) is 7.16. The third kappa shape index (κ3) is 3.37. The highest BCUT2D eigenvalue weighted by Gasteiger charge is 2.07. The Balaban J connectivity index is 2.82. The molecule has 1 radical (unpaired) electrons. The van der Waals surface area contributed by atoms with Gasteiger partial charge in [-0.2, -0.15) is 0 Å². The number of benzene rings is 1. The summed E-state index contributed by atoms with van der Waals surface area (Å²) in [7, 11) is 0. The van der Waals surface area contributed by atoms with E-state index in [1.54, 1.807) is 5.56 Å². The normalized spacial score (nSPS) is 11.0. The largest absolute Gasteiger partial charge is 0.0623 e. The van der Waals surface area contributed by atoms with Crippen molar-refractivity contribution in [1.29, 1.82) is 0 Å². The van der Waals surface area contributed by atoms with E-state index in [0.717, 1.165) is 0 Å². The van der Waals surface area contributed by atoms with Gasteiger partial charge in [0.15, 0.2) is 0 Å². The quantitative estimate of drug-likeness (QED) is 0.610. The maximum atomic E-state index is 2.28. The predicted octanol–water partition coefficient (Wildman–Crippen LogP) is 4.67. The summed E-state index contributed by atoms with van der Waals surface area (Å²) in [5, 5.41) is 0. The van der Waals surface area contributed by atoms with Crippen LogP contribution in [0.3, 0.4) is 0 Å². The van der Waals surface area contributed by atoms with Gasteiger partial charge in [-0.15, -0.1) is 0 Å². The first kappa shape index (κ1) is 12.3. The van der Waals surface area contributed by atoms with Crippen molar-refractivity contribution in [3.63, 3.8) is 0 Å². The lowest BCUT2D eigenvalue weighted by Crippen LogP contribution is -1.99. The van der Waals surface area contributed by atoms with Gasteiger partial charge in [-0.05, 0) is 48.8 Å². The summed E-state index contributed by atoms with van der Waals surface area (Å²) in [6, 6.07) is 6.69. The molecule has 0 aliphatic heterocycles. The topological polar surface area (TPSA) is 0 Å². The van der Waals surface area contributed by atoms with E-state index in [-0.39, 0.29) is 0 Å². The molecule has 0 spiro atoms. The molecule has 1 rings (SSSR count). The molecule has 83 valence electrons. The molecule has 0 heterocycles. The highest BCUT2D eigenvalue weighted by molar-refractivity contribution is 5.36. The Morgan fingerprint density at radius 1 is 1.27 bits per heavy atom. The van der Waals surface area contributed by atoms with Gasteiger partial charge in [0.05, 0.1) is 0 Å². The van der Waals surface area contributed by atoms with Crippen molar-refractivity contribution in [2.24, 2.45) is 0 Å². The Morgan fingerprint density at radius 3 is 2.60 bits per heavy atom. The zero-order valence-corrected chi connectivity index (χ0v) is 10.5. The molecule has 0 bridgehead atoms. The van der Waals surface area contributed by atoms with Gasteiger partial charge in [-0.1, -0.05) is 45.4 Å². The average molecular weight is 203 g/mol. The van der Waals surface area contributed by atoms with E-state index in [1.807, 2.05) is 0 Å². The Hall–Kier alpha value is -0.780. The van der Waals surface area contributed by atoms with Crippen LogP contribution < -0.4 is 0 Å². The second kappa shape index (κ2) is 5.95. The van der Waals surface area contributed by atoms with Crippen LogP contribution in [0.1, 0.15) is 56.2 Å². The molecule has 0 N–H and O–H groups in total. The number of aryl methyl sites for hydroxylation is 1. The highest BCUT2D eigenvalue weighted by Crippen LogP contribution is 2.24. The zero-order chi connectivity index (χ0) is 11.3. The lowest BCUT2D eigenvalue weighted by Gasteiger charge is -2.15. The van der Waals surface area contributed by atoms with Crippen LogP contribution in [0.2, 0.25) is 0 Å². The molecular weight excluding hydrogens is 180 g/mol. The standard InChI is InChI=1S/C15H23/c1-5-6-7-10-15-13(4)9-8-11-14(15)12(2)3/h5,8-9,11-12H,6-7,10H2,1-4H3. The molecule has 0 aliphatic rings. The fourth-order valence-electron chi connectivity index (χ4n) is 2.09. The summed E-state index contributed by atoms with van der Waals surface area (Å²) in [6.45, 7) is 8.94. The van der Waals surface area contributed by atoms with Crippen molar-refractivity contribution in [3.05, 3.63) is 41.3 Å². The molecule has 0 saturated heterocycles. The smallest absolute Gasteiger partial charge is 0.0216 e. The number of unbranched alkanes of at least 4 members (excludes halogenated alkanes) is 2. The van der Waals surface area contributed by atoms with Crippen LogP contribution in [0.15, 0.2) is 18.2 Å². The molecule has 0 atom stereocenters. The van der Waals surface area contributed by atoms with Crippen molar-refractivity contribution in [1.82, 2.24) is 0 Å². The molecule has 1 aromatic rings. The van der Waals surface area contributed by atoms with Gasteiger partial charge < -0.3 is 0 Å². The van der Waals surface area contributed by atoms with Gasteiger partial charge >= 0.3 is 0 Å². The summed E-state index contributed by atoms with van der Waals surface area (Å²) in [6.07, 6.45) is 5.99. The average Bonchev–Trinajstić information content (AvgIpc) is 2.20. The number of hydrogen-bond acceptors (Lipinski definition) is 0. The molecular formula is C15H23. The van der Waals surface area contributed by atoms with Crippen LogP contribution in [-0.4, -0.2) is 0 Å². The van der Waals surface area contributed by atoms with Gasteiger partial charge in [0.2, 0.25) is 0 Å². The van der Waals surface area contributed by atoms with E-state index < -0.39 is 0 Å². The minimum Gasteiger partial charge on any atom is -0.0623 e. The Morgan fingerprint density at radius 2 is 2.00 bits per heavy atom. The van der Waals surface area contributed by atoms with Crippen molar-refractivity contribution < 1.29 is 0 Å².